The molecular weight excluding hydrogens is 206 g/mol. The highest BCUT2D eigenvalue weighted by atomic mass is 35.6. The fraction of sp³-hybridized carbons (Fsp3) is 0.500. The van der Waals surface area contributed by atoms with Gasteiger partial charge in [0.05, 0.1) is 11.3 Å². The number of hydrogen-bond donors (Lipinski definition) is 1. The molecule has 0 aliphatic carbocycles. The highest BCUT2D eigenvalue weighted by molar-refractivity contribution is 6.67. The summed E-state index contributed by atoms with van der Waals surface area (Å²) in [5.74, 6) is 0. The molecule has 5 heteroatoms. The first kappa shape index (κ1) is 9.70. The van der Waals surface area contributed by atoms with Gasteiger partial charge in [0.1, 0.15) is 0 Å². The molecule has 9 heavy (non-hydrogen) atoms. The number of halogens is 4. The molecule has 0 unspecified atom stereocenters. The number of hydrogen-bond acceptors (Lipinski definition) is 1. The van der Waals surface area contributed by atoms with Gasteiger partial charge < -0.3 is 5.11 Å². The molecule has 0 aromatic heterocycles. The van der Waals surface area contributed by atoms with Crippen LogP contribution in [-0.4, -0.2) is 8.90 Å². The molecule has 0 saturated carbocycles. The van der Waals surface area contributed by atoms with Crippen molar-refractivity contribution < 1.29 is 5.11 Å². The molecule has 0 aliphatic heterocycles. The van der Waals surface area contributed by atoms with Crippen molar-refractivity contribution >= 4 is 46.4 Å². The van der Waals surface area contributed by atoms with E-state index in [1.807, 2.05) is 0 Å². The van der Waals surface area contributed by atoms with Crippen LogP contribution in [0.5, 0.6) is 0 Å². The Balaban J connectivity index is 3.75. The van der Waals surface area contributed by atoms with Crippen LogP contribution in [0, 0.1) is 0 Å². The van der Waals surface area contributed by atoms with E-state index in [-0.39, 0.29) is 11.5 Å². The number of rotatable bonds is 1. The molecule has 1 nitrogen and oxygen atoms in total. The molecule has 54 valence electrons. The van der Waals surface area contributed by atoms with Crippen molar-refractivity contribution in [3.05, 3.63) is 11.3 Å². The summed E-state index contributed by atoms with van der Waals surface area (Å²) in [6, 6.07) is 0. The lowest BCUT2D eigenvalue weighted by Crippen LogP contribution is -2.00. The molecule has 0 saturated heterocycles. The van der Waals surface area contributed by atoms with Crippen molar-refractivity contribution in [2.24, 2.45) is 0 Å². The maximum Gasteiger partial charge on any atom is 0.195 e. The Kier molecular flexibility index (Phi) is 4.06. The smallest absolute Gasteiger partial charge is 0.195 e. The summed E-state index contributed by atoms with van der Waals surface area (Å²) < 4.78 is -1.42. The van der Waals surface area contributed by atoms with Gasteiger partial charge in [0.25, 0.3) is 0 Å². The monoisotopic (exact) mass is 208 g/mol. The Morgan fingerprint density at radius 1 is 1.44 bits per heavy atom. The van der Waals surface area contributed by atoms with Crippen LogP contribution in [0.4, 0.5) is 0 Å². The lowest BCUT2D eigenvalue weighted by Gasteiger charge is -2.07. The lowest BCUT2D eigenvalue weighted by molar-refractivity contribution is 0.469. The summed E-state index contributed by atoms with van der Waals surface area (Å²) in [5.41, 5.74) is 0. The van der Waals surface area contributed by atoms with Crippen molar-refractivity contribution in [1.29, 1.82) is 0 Å². The second kappa shape index (κ2) is 3.77. The zero-order valence-electron chi connectivity index (χ0n) is 4.24. The summed E-state index contributed by atoms with van der Waals surface area (Å²) in [5, 5.41) is 8.35. The molecule has 0 fully saturated rings. The van der Waals surface area contributed by atoms with Gasteiger partial charge in [-0.25, -0.2) is 0 Å². The number of allylic oxidation sites excluding steroid dienone is 1. The van der Waals surface area contributed by atoms with Crippen molar-refractivity contribution in [2.45, 2.75) is 10.2 Å². The van der Waals surface area contributed by atoms with E-state index >= 15 is 0 Å². The van der Waals surface area contributed by atoms with Crippen LogP contribution in [0.1, 0.15) is 6.42 Å². The van der Waals surface area contributed by atoms with E-state index < -0.39 is 3.79 Å². The Hall–Kier alpha value is 0.700. The van der Waals surface area contributed by atoms with Gasteiger partial charge in [-0.1, -0.05) is 46.4 Å². The van der Waals surface area contributed by atoms with Gasteiger partial charge in [0, 0.05) is 6.42 Å². The van der Waals surface area contributed by atoms with E-state index in [1.54, 1.807) is 0 Å². The van der Waals surface area contributed by atoms with Gasteiger partial charge >= 0.3 is 0 Å². The predicted octanol–water partition coefficient (Wildman–Crippen LogP) is 3.38. The van der Waals surface area contributed by atoms with Gasteiger partial charge in [-0.3, -0.25) is 0 Å². The highest BCUT2D eigenvalue weighted by Gasteiger charge is 2.20. The van der Waals surface area contributed by atoms with Crippen molar-refractivity contribution in [1.82, 2.24) is 0 Å². The van der Waals surface area contributed by atoms with Gasteiger partial charge in [0.2, 0.25) is 0 Å². The first-order valence-electron chi connectivity index (χ1n) is 2.01. The second-order valence-corrected chi connectivity index (χ2v) is 4.37. The van der Waals surface area contributed by atoms with E-state index in [0.717, 1.165) is 0 Å². The van der Waals surface area contributed by atoms with Gasteiger partial charge in [-0.15, -0.1) is 0 Å². The van der Waals surface area contributed by atoms with Crippen LogP contribution in [0.25, 0.3) is 0 Å². The zero-order valence-corrected chi connectivity index (χ0v) is 7.27. The average molecular weight is 210 g/mol. The Morgan fingerprint density at radius 3 is 2.00 bits per heavy atom. The standard InChI is InChI=1S/C4H4Cl4O/c5-3(2-9)1-4(6,7)8/h2,9H,1H2/b3-2-. The second-order valence-electron chi connectivity index (χ2n) is 1.37. The fourth-order valence-corrected chi connectivity index (χ4v) is 1.07. The van der Waals surface area contributed by atoms with Gasteiger partial charge in [-0.05, 0) is 0 Å². The Bertz CT molecular complexity index is 114. The summed E-state index contributed by atoms with van der Waals surface area (Å²) in [4.78, 5) is 0. The molecule has 0 aliphatic rings. The maximum atomic E-state index is 8.23. The minimum absolute atomic E-state index is 0.0235. The van der Waals surface area contributed by atoms with Crippen LogP contribution in [-0.2, 0) is 0 Å². The van der Waals surface area contributed by atoms with E-state index in [4.69, 9.17) is 51.5 Å². The van der Waals surface area contributed by atoms with Crippen LogP contribution < -0.4 is 0 Å². The fourth-order valence-electron chi connectivity index (χ4n) is 0.237. The van der Waals surface area contributed by atoms with E-state index in [1.165, 1.54) is 0 Å². The van der Waals surface area contributed by atoms with Crippen LogP contribution in [0.3, 0.4) is 0 Å². The molecule has 0 atom stereocenters. The van der Waals surface area contributed by atoms with Crippen LogP contribution in [0.15, 0.2) is 11.3 Å². The van der Waals surface area contributed by atoms with E-state index in [0.29, 0.717) is 6.26 Å². The molecule has 0 aromatic carbocycles. The third kappa shape index (κ3) is 6.59. The molecule has 0 rings (SSSR count). The molecule has 0 spiro atoms. The molecule has 0 aromatic rings. The Morgan fingerprint density at radius 2 is 1.89 bits per heavy atom. The number of aliphatic hydroxyl groups is 1. The van der Waals surface area contributed by atoms with Crippen molar-refractivity contribution in [3.8, 4) is 0 Å². The first-order valence-corrected chi connectivity index (χ1v) is 3.52. The van der Waals surface area contributed by atoms with E-state index in [2.05, 4.69) is 0 Å². The molecule has 0 radical (unpaired) electrons. The SMILES string of the molecule is O/C=C(\Cl)CC(Cl)(Cl)Cl. The third-order valence-corrected chi connectivity index (χ3v) is 1.14. The summed E-state index contributed by atoms with van der Waals surface area (Å²) >= 11 is 21.2. The molecular formula is C4H4Cl4O. The molecule has 0 heterocycles. The Labute approximate surface area is 73.2 Å². The minimum Gasteiger partial charge on any atom is -0.514 e. The molecule has 0 bridgehead atoms. The average Bonchev–Trinajstić information content (AvgIpc) is 1.62. The maximum absolute atomic E-state index is 8.23. The summed E-state index contributed by atoms with van der Waals surface area (Å²) in [6.45, 7) is 0. The van der Waals surface area contributed by atoms with Crippen molar-refractivity contribution in [2.75, 3.05) is 0 Å². The minimum atomic E-state index is -1.42. The highest BCUT2D eigenvalue weighted by Crippen LogP contribution is 2.34. The predicted molar refractivity (Wildman–Crippen MR) is 41.5 cm³/mol. The lowest BCUT2D eigenvalue weighted by atomic mass is 10.5. The number of alkyl halides is 3. The third-order valence-electron chi connectivity index (χ3n) is 0.509. The summed E-state index contributed by atoms with van der Waals surface area (Å²) in [6.07, 6.45) is 0.721. The summed E-state index contributed by atoms with van der Waals surface area (Å²) in [7, 11) is 0. The van der Waals surface area contributed by atoms with Gasteiger partial charge in [-0.2, -0.15) is 0 Å². The topological polar surface area (TPSA) is 20.2 Å². The van der Waals surface area contributed by atoms with Gasteiger partial charge in [0.15, 0.2) is 3.79 Å². The molecule has 0 amide bonds. The number of aliphatic hydroxyl groups excluding tert-OH is 1. The normalized spacial score (nSPS) is 14.0. The quantitative estimate of drug-likeness (QED) is 0.519. The van der Waals surface area contributed by atoms with Crippen LogP contribution in [0.2, 0.25) is 0 Å². The first-order chi connectivity index (χ1) is 3.95. The van der Waals surface area contributed by atoms with Crippen molar-refractivity contribution in [3.63, 3.8) is 0 Å². The largest absolute Gasteiger partial charge is 0.514 e. The zero-order chi connectivity index (χ0) is 7.49. The van der Waals surface area contributed by atoms with E-state index in [9.17, 15) is 0 Å². The molecule has 1 N–H and O–H groups in total. The van der Waals surface area contributed by atoms with Crippen LogP contribution >= 0.6 is 46.4 Å².